The van der Waals surface area contributed by atoms with Gasteiger partial charge < -0.3 is 4.74 Å². The fraction of sp³-hybridized carbons (Fsp3) is 0.650. The van der Waals surface area contributed by atoms with Crippen LogP contribution in [0.15, 0.2) is 35.1 Å². The van der Waals surface area contributed by atoms with Crippen LogP contribution < -0.4 is 0 Å². The van der Waals surface area contributed by atoms with Gasteiger partial charge in [-0.25, -0.2) is 0 Å². The van der Waals surface area contributed by atoms with Gasteiger partial charge in [-0.1, -0.05) is 24.1 Å². The topological polar surface area (TPSA) is 26.3 Å². The van der Waals surface area contributed by atoms with Crippen molar-refractivity contribution >= 4 is 5.78 Å². The van der Waals surface area contributed by atoms with Crippen LogP contribution in [0.1, 0.15) is 51.9 Å². The SMILES string of the molecule is COC1=CC=C2CC(=C1)CC[C@H]1[C@H]2CC[C@@]2(C)C(=O)CC[C@@H]12. The number of ketones is 1. The van der Waals surface area contributed by atoms with E-state index >= 15 is 0 Å². The Hall–Kier alpha value is -1.31. The van der Waals surface area contributed by atoms with E-state index in [0.717, 1.165) is 31.4 Å². The maximum atomic E-state index is 12.4. The molecule has 2 bridgehead atoms. The van der Waals surface area contributed by atoms with Crippen molar-refractivity contribution in [3.8, 4) is 0 Å². The molecule has 4 atom stereocenters. The van der Waals surface area contributed by atoms with Crippen LogP contribution in [-0.2, 0) is 9.53 Å². The van der Waals surface area contributed by atoms with Crippen LogP contribution in [0, 0.1) is 23.2 Å². The molecule has 2 nitrogen and oxygen atoms in total. The molecule has 4 aliphatic carbocycles. The molecule has 0 aromatic carbocycles. The first-order valence-corrected chi connectivity index (χ1v) is 8.79. The summed E-state index contributed by atoms with van der Waals surface area (Å²) in [6.45, 7) is 2.25. The predicted octanol–water partition coefficient (Wildman–Crippen LogP) is 4.58. The third kappa shape index (κ3) is 2.03. The van der Waals surface area contributed by atoms with Crippen molar-refractivity contribution in [1.29, 1.82) is 0 Å². The minimum Gasteiger partial charge on any atom is -0.497 e. The molecule has 0 unspecified atom stereocenters. The molecule has 0 aromatic rings. The Balaban J connectivity index is 1.70. The van der Waals surface area contributed by atoms with E-state index in [4.69, 9.17) is 4.74 Å². The van der Waals surface area contributed by atoms with Crippen LogP contribution in [0.2, 0.25) is 0 Å². The van der Waals surface area contributed by atoms with Crippen molar-refractivity contribution in [2.45, 2.75) is 51.9 Å². The van der Waals surface area contributed by atoms with E-state index in [1.807, 2.05) is 0 Å². The number of hydrogen-bond acceptors (Lipinski definition) is 2. The van der Waals surface area contributed by atoms with Crippen molar-refractivity contribution in [2.75, 3.05) is 7.11 Å². The monoisotopic (exact) mass is 298 g/mol. The van der Waals surface area contributed by atoms with Crippen LogP contribution >= 0.6 is 0 Å². The normalized spacial score (nSPS) is 40.5. The highest BCUT2D eigenvalue weighted by atomic mass is 16.5. The summed E-state index contributed by atoms with van der Waals surface area (Å²) in [5, 5.41) is 0. The van der Waals surface area contributed by atoms with Crippen molar-refractivity contribution in [3.63, 3.8) is 0 Å². The van der Waals surface area contributed by atoms with Gasteiger partial charge in [0.05, 0.1) is 7.11 Å². The lowest BCUT2D eigenvalue weighted by Crippen LogP contribution is -2.41. The third-order valence-electron chi connectivity index (χ3n) is 6.90. The third-order valence-corrected chi connectivity index (χ3v) is 6.90. The van der Waals surface area contributed by atoms with Crippen LogP contribution in [0.5, 0.6) is 0 Å². The Bertz CT molecular complexity index is 595. The van der Waals surface area contributed by atoms with Gasteiger partial charge >= 0.3 is 0 Å². The van der Waals surface area contributed by atoms with Gasteiger partial charge in [0.25, 0.3) is 0 Å². The van der Waals surface area contributed by atoms with Gasteiger partial charge in [-0.15, -0.1) is 0 Å². The highest BCUT2D eigenvalue weighted by Gasteiger charge is 2.54. The zero-order chi connectivity index (χ0) is 15.3. The van der Waals surface area contributed by atoms with Crippen molar-refractivity contribution in [3.05, 3.63) is 35.1 Å². The molecule has 0 heterocycles. The van der Waals surface area contributed by atoms with Crippen LogP contribution in [0.25, 0.3) is 0 Å². The standard InChI is InChI=1S/C20H26O2/c1-20-10-9-16-14-4-5-15(22-2)12-13(11-14)3-6-17(16)18(20)7-8-19(20)21/h4-5,12,16-18H,3,6-11H2,1-2H3/t16-,17-,18-,20+/m0/s1. The molecule has 0 aromatic heterocycles. The second kappa shape index (κ2) is 5.11. The highest BCUT2D eigenvalue weighted by Crippen LogP contribution is 2.58. The quantitative estimate of drug-likeness (QED) is 0.708. The molecule has 2 heteroatoms. The molecule has 4 rings (SSSR count). The van der Waals surface area contributed by atoms with Gasteiger partial charge in [-0.2, -0.15) is 0 Å². The van der Waals surface area contributed by atoms with E-state index < -0.39 is 0 Å². The van der Waals surface area contributed by atoms with E-state index in [0.29, 0.717) is 23.5 Å². The Morgan fingerprint density at radius 2 is 2.05 bits per heavy atom. The number of ether oxygens (including phenoxy) is 1. The number of carbonyl (C=O) groups excluding carboxylic acids is 1. The summed E-state index contributed by atoms with van der Waals surface area (Å²) in [7, 11) is 1.75. The summed E-state index contributed by atoms with van der Waals surface area (Å²) in [6, 6.07) is 0. The lowest BCUT2D eigenvalue weighted by molar-refractivity contribution is -0.129. The number of carbonyl (C=O) groups is 1. The smallest absolute Gasteiger partial charge is 0.139 e. The zero-order valence-electron chi connectivity index (χ0n) is 13.7. The summed E-state index contributed by atoms with van der Waals surface area (Å²) in [5.41, 5.74) is 3.08. The summed E-state index contributed by atoms with van der Waals surface area (Å²) in [5.74, 6) is 3.53. The molecule has 0 amide bonds. The highest BCUT2D eigenvalue weighted by molar-refractivity contribution is 5.87. The fourth-order valence-electron chi connectivity index (χ4n) is 5.63. The maximum absolute atomic E-state index is 12.4. The summed E-state index contributed by atoms with van der Waals surface area (Å²) in [4.78, 5) is 12.4. The molecular weight excluding hydrogens is 272 g/mol. The first-order valence-electron chi connectivity index (χ1n) is 8.79. The van der Waals surface area contributed by atoms with Crippen LogP contribution in [0.3, 0.4) is 0 Å². The number of allylic oxidation sites excluding steroid dienone is 5. The zero-order valence-corrected chi connectivity index (χ0v) is 13.7. The van der Waals surface area contributed by atoms with Gasteiger partial charge in [-0.05, 0) is 68.4 Å². The average Bonchev–Trinajstić information content (AvgIpc) is 2.71. The Morgan fingerprint density at radius 3 is 2.86 bits per heavy atom. The largest absolute Gasteiger partial charge is 0.497 e. The van der Waals surface area contributed by atoms with Crippen molar-refractivity contribution in [2.24, 2.45) is 23.2 Å². The first-order chi connectivity index (χ1) is 10.6. The van der Waals surface area contributed by atoms with E-state index in [1.54, 1.807) is 12.7 Å². The summed E-state index contributed by atoms with van der Waals surface area (Å²) < 4.78 is 5.45. The molecule has 4 aliphatic rings. The molecule has 3 fully saturated rings. The average molecular weight is 298 g/mol. The van der Waals surface area contributed by atoms with Gasteiger partial charge in [0.1, 0.15) is 11.5 Å². The summed E-state index contributed by atoms with van der Waals surface area (Å²) in [6.07, 6.45) is 14.4. The van der Waals surface area contributed by atoms with Gasteiger partial charge in [0.2, 0.25) is 0 Å². The lowest BCUT2D eigenvalue weighted by atomic mass is 9.58. The van der Waals surface area contributed by atoms with Gasteiger partial charge in [0, 0.05) is 11.8 Å². The van der Waals surface area contributed by atoms with E-state index in [-0.39, 0.29) is 5.41 Å². The Labute approximate surface area is 133 Å². The van der Waals surface area contributed by atoms with Crippen LogP contribution in [-0.4, -0.2) is 12.9 Å². The number of Topliss-reactive ketones (excluding diaryl/α,β-unsaturated/α-hetero) is 1. The van der Waals surface area contributed by atoms with E-state index in [1.165, 1.54) is 24.8 Å². The number of hydrogen-bond donors (Lipinski definition) is 0. The minimum absolute atomic E-state index is 0.0157. The van der Waals surface area contributed by atoms with Gasteiger partial charge in [0.15, 0.2) is 0 Å². The molecule has 22 heavy (non-hydrogen) atoms. The van der Waals surface area contributed by atoms with Crippen molar-refractivity contribution in [1.82, 2.24) is 0 Å². The lowest BCUT2D eigenvalue weighted by Gasteiger charge is -2.45. The Kier molecular flexibility index (Phi) is 3.32. The molecule has 0 aliphatic heterocycles. The second-order valence-electron chi connectivity index (χ2n) is 7.83. The molecule has 0 saturated heterocycles. The van der Waals surface area contributed by atoms with Crippen molar-refractivity contribution < 1.29 is 9.53 Å². The minimum atomic E-state index is -0.0157. The Morgan fingerprint density at radius 1 is 1.18 bits per heavy atom. The first kappa shape index (κ1) is 14.3. The van der Waals surface area contributed by atoms with E-state index in [2.05, 4.69) is 25.2 Å². The second-order valence-corrected chi connectivity index (χ2v) is 7.83. The van der Waals surface area contributed by atoms with Crippen LogP contribution in [0.4, 0.5) is 0 Å². The molecule has 0 spiro atoms. The fourth-order valence-corrected chi connectivity index (χ4v) is 5.63. The number of methoxy groups -OCH3 is 1. The molecule has 3 saturated carbocycles. The summed E-state index contributed by atoms with van der Waals surface area (Å²) >= 11 is 0. The van der Waals surface area contributed by atoms with E-state index in [9.17, 15) is 4.79 Å². The molecule has 0 radical (unpaired) electrons. The molecule has 0 N–H and O–H groups in total. The number of rotatable bonds is 1. The van der Waals surface area contributed by atoms with Gasteiger partial charge in [-0.3, -0.25) is 4.79 Å². The molecular formula is C20H26O2. The molecule has 118 valence electrons. The maximum Gasteiger partial charge on any atom is 0.139 e. The predicted molar refractivity (Wildman–Crippen MR) is 87.2 cm³/mol. The number of fused-ring (bicyclic) bond motifs is 6.